The van der Waals surface area contributed by atoms with Gasteiger partial charge in [-0.1, -0.05) is 49.1 Å². The highest BCUT2D eigenvalue weighted by Crippen LogP contribution is 2.38. The van der Waals surface area contributed by atoms with Crippen LogP contribution in [-0.2, 0) is 9.53 Å². The van der Waals surface area contributed by atoms with Gasteiger partial charge >= 0.3 is 0 Å². The molecular formula is C20H29NO2. The minimum atomic E-state index is 0.0245. The first-order valence-corrected chi connectivity index (χ1v) is 9.11. The summed E-state index contributed by atoms with van der Waals surface area (Å²) in [7, 11) is 0. The van der Waals surface area contributed by atoms with E-state index >= 15 is 0 Å². The Morgan fingerprint density at radius 3 is 2.52 bits per heavy atom. The van der Waals surface area contributed by atoms with E-state index in [1.807, 2.05) is 0 Å². The fourth-order valence-corrected chi connectivity index (χ4v) is 4.09. The Hall–Kier alpha value is -1.35. The second-order valence-electron chi connectivity index (χ2n) is 7.24. The zero-order valence-electron chi connectivity index (χ0n) is 14.5. The summed E-state index contributed by atoms with van der Waals surface area (Å²) in [5, 5.41) is 0. The molecule has 3 rings (SSSR count). The van der Waals surface area contributed by atoms with Gasteiger partial charge in [0.2, 0.25) is 5.91 Å². The maximum Gasteiger partial charge on any atom is 0.230 e. The van der Waals surface area contributed by atoms with Gasteiger partial charge in [0.1, 0.15) is 0 Å². The van der Waals surface area contributed by atoms with Crippen molar-refractivity contribution in [1.29, 1.82) is 0 Å². The minimum Gasteiger partial charge on any atom is -0.377 e. The zero-order valence-corrected chi connectivity index (χ0v) is 14.5. The molecule has 1 aromatic rings. The Morgan fingerprint density at radius 1 is 1.17 bits per heavy atom. The van der Waals surface area contributed by atoms with Crippen LogP contribution >= 0.6 is 0 Å². The largest absolute Gasteiger partial charge is 0.377 e. The second-order valence-corrected chi connectivity index (χ2v) is 7.24. The van der Waals surface area contributed by atoms with Gasteiger partial charge in [-0.3, -0.25) is 4.79 Å². The number of rotatable bonds is 3. The van der Waals surface area contributed by atoms with E-state index in [1.54, 1.807) is 0 Å². The molecule has 1 aliphatic heterocycles. The molecule has 2 atom stereocenters. The van der Waals surface area contributed by atoms with Gasteiger partial charge in [-0.05, 0) is 38.2 Å². The van der Waals surface area contributed by atoms with Crippen LogP contribution in [0.5, 0.6) is 0 Å². The number of nitrogens with zero attached hydrogens (tertiary/aromatic N) is 1. The molecule has 23 heavy (non-hydrogen) atoms. The van der Waals surface area contributed by atoms with Gasteiger partial charge in [0, 0.05) is 6.54 Å². The van der Waals surface area contributed by atoms with E-state index in [2.05, 4.69) is 43.0 Å². The summed E-state index contributed by atoms with van der Waals surface area (Å²) >= 11 is 0. The van der Waals surface area contributed by atoms with Crippen LogP contribution in [0.3, 0.4) is 0 Å². The van der Waals surface area contributed by atoms with Gasteiger partial charge < -0.3 is 9.64 Å². The van der Waals surface area contributed by atoms with Crippen LogP contribution in [0.1, 0.15) is 56.1 Å². The first-order valence-electron chi connectivity index (χ1n) is 9.11. The third kappa shape index (κ3) is 3.77. The molecule has 1 amide bonds. The number of carbonyl (C=O) groups is 1. The molecule has 1 aliphatic carbocycles. The summed E-state index contributed by atoms with van der Waals surface area (Å²) in [6.07, 6.45) is 6.21. The van der Waals surface area contributed by atoms with Crippen LogP contribution < -0.4 is 0 Å². The van der Waals surface area contributed by atoms with Crippen LogP contribution in [0, 0.1) is 12.8 Å². The fourth-order valence-electron chi connectivity index (χ4n) is 4.09. The van der Waals surface area contributed by atoms with Gasteiger partial charge in [0.15, 0.2) is 0 Å². The predicted molar refractivity (Wildman–Crippen MR) is 92.5 cm³/mol. The number of amides is 1. The highest BCUT2D eigenvalue weighted by molar-refractivity contribution is 5.84. The molecule has 2 aliphatic rings. The summed E-state index contributed by atoms with van der Waals surface area (Å²) in [6.45, 7) is 6.27. The summed E-state index contributed by atoms with van der Waals surface area (Å²) in [6, 6.07) is 8.80. The van der Waals surface area contributed by atoms with E-state index in [9.17, 15) is 4.79 Å². The minimum absolute atomic E-state index is 0.0245. The Labute approximate surface area is 140 Å². The van der Waals surface area contributed by atoms with Crippen molar-refractivity contribution in [2.45, 2.75) is 57.9 Å². The van der Waals surface area contributed by atoms with Crippen molar-refractivity contribution in [3.8, 4) is 0 Å². The van der Waals surface area contributed by atoms with Crippen molar-refractivity contribution in [3.63, 3.8) is 0 Å². The van der Waals surface area contributed by atoms with E-state index in [4.69, 9.17) is 4.74 Å². The van der Waals surface area contributed by atoms with Crippen molar-refractivity contribution in [3.05, 3.63) is 35.4 Å². The van der Waals surface area contributed by atoms with E-state index in [1.165, 1.54) is 43.2 Å². The monoisotopic (exact) mass is 315 g/mol. The second kappa shape index (κ2) is 7.48. The lowest BCUT2D eigenvalue weighted by molar-refractivity contribution is -0.142. The van der Waals surface area contributed by atoms with Crippen molar-refractivity contribution in [2.75, 3.05) is 19.8 Å². The van der Waals surface area contributed by atoms with Crippen molar-refractivity contribution in [2.24, 2.45) is 5.92 Å². The number of hydrogen-bond donors (Lipinski definition) is 0. The van der Waals surface area contributed by atoms with Crippen LogP contribution in [0.15, 0.2) is 24.3 Å². The Balaban J connectivity index is 1.87. The summed E-state index contributed by atoms with van der Waals surface area (Å²) in [5.74, 6) is 0.835. The molecule has 1 heterocycles. The van der Waals surface area contributed by atoms with Crippen LogP contribution in [-0.4, -0.2) is 36.6 Å². The summed E-state index contributed by atoms with van der Waals surface area (Å²) < 4.78 is 5.51. The number of benzene rings is 1. The zero-order chi connectivity index (χ0) is 16.2. The molecule has 0 spiro atoms. The molecule has 3 nitrogen and oxygen atoms in total. The number of morpholine rings is 1. The molecule has 0 radical (unpaired) electrons. The first kappa shape index (κ1) is 16.5. The maximum atomic E-state index is 13.4. The van der Waals surface area contributed by atoms with E-state index < -0.39 is 0 Å². The predicted octanol–water partition coefficient (Wildman–Crippen LogP) is 3.91. The molecule has 1 aromatic carbocycles. The molecular weight excluding hydrogens is 286 g/mol. The molecule has 0 bridgehead atoms. The van der Waals surface area contributed by atoms with Gasteiger partial charge in [-0.2, -0.15) is 0 Å². The first-order chi connectivity index (χ1) is 11.2. The maximum absolute atomic E-state index is 13.4. The third-order valence-electron chi connectivity index (χ3n) is 5.47. The Bertz CT molecular complexity index is 519. The lowest BCUT2D eigenvalue weighted by atomic mass is 9.76. The highest BCUT2D eigenvalue weighted by Gasteiger charge is 2.36. The molecule has 3 heteroatoms. The smallest absolute Gasteiger partial charge is 0.230 e. The SMILES string of the molecule is Cc1ccc(C(C(=O)N2CCOCC2C)C2CCCCC2)cc1. The summed E-state index contributed by atoms with van der Waals surface area (Å²) in [4.78, 5) is 15.4. The molecule has 126 valence electrons. The standard InChI is InChI=1S/C20H29NO2/c1-15-8-10-18(11-9-15)19(17-6-4-3-5-7-17)20(22)21-12-13-23-14-16(21)2/h8-11,16-17,19H,3-7,12-14H2,1-2H3. The van der Waals surface area contributed by atoms with Gasteiger partial charge in [0.05, 0.1) is 25.2 Å². The van der Waals surface area contributed by atoms with E-state index in [-0.39, 0.29) is 12.0 Å². The molecule has 1 saturated carbocycles. The quantitative estimate of drug-likeness (QED) is 0.846. The molecule has 2 fully saturated rings. The lowest BCUT2D eigenvalue weighted by Crippen LogP contribution is -2.50. The summed E-state index contributed by atoms with van der Waals surface area (Å²) in [5.41, 5.74) is 2.45. The van der Waals surface area contributed by atoms with Crippen LogP contribution in [0.25, 0.3) is 0 Å². The third-order valence-corrected chi connectivity index (χ3v) is 5.47. The van der Waals surface area contributed by atoms with Crippen molar-refractivity contribution >= 4 is 5.91 Å². The molecule has 1 saturated heterocycles. The number of carbonyl (C=O) groups excluding carboxylic acids is 1. The highest BCUT2D eigenvalue weighted by atomic mass is 16.5. The van der Waals surface area contributed by atoms with E-state index in [0.717, 1.165) is 6.54 Å². The van der Waals surface area contributed by atoms with Crippen molar-refractivity contribution < 1.29 is 9.53 Å². The molecule has 0 aromatic heterocycles. The van der Waals surface area contributed by atoms with Gasteiger partial charge in [-0.15, -0.1) is 0 Å². The average molecular weight is 315 g/mol. The molecule has 2 unspecified atom stereocenters. The topological polar surface area (TPSA) is 29.5 Å². The number of aryl methyl sites for hydroxylation is 1. The van der Waals surface area contributed by atoms with E-state index in [0.29, 0.717) is 25.0 Å². The Morgan fingerprint density at radius 2 is 1.87 bits per heavy atom. The average Bonchev–Trinajstić information content (AvgIpc) is 2.58. The van der Waals surface area contributed by atoms with Crippen molar-refractivity contribution in [1.82, 2.24) is 4.90 Å². The van der Waals surface area contributed by atoms with Crippen LogP contribution in [0.4, 0.5) is 0 Å². The van der Waals surface area contributed by atoms with Crippen LogP contribution in [0.2, 0.25) is 0 Å². The Kier molecular flexibility index (Phi) is 5.37. The van der Waals surface area contributed by atoms with Gasteiger partial charge in [0.25, 0.3) is 0 Å². The van der Waals surface area contributed by atoms with Gasteiger partial charge in [-0.25, -0.2) is 0 Å². The normalized spacial score (nSPS) is 24.4. The fraction of sp³-hybridized carbons (Fsp3) is 0.650. The number of ether oxygens (including phenoxy) is 1. The molecule has 0 N–H and O–H groups in total. The number of hydrogen-bond acceptors (Lipinski definition) is 2. The lowest BCUT2D eigenvalue weighted by Gasteiger charge is -2.39.